The Labute approximate surface area is 199 Å². The molecule has 34 heavy (non-hydrogen) atoms. The second-order valence-corrected chi connectivity index (χ2v) is 11.9. The highest BCUT2D eigenvalue weighted by Crippen LogP contribution is 2.74. The summed E-state index contributed by atoms with van der Waals surface area (Å²) in [5, 5.41) is 45.1. The van der Waals surface area contributed by atoms with Gasteiger partial charge in [0.05, 0.1) is 18.8 Å². The number of aliphatic hydroxyl groups excluding tert-OH is 3. The van der Waals surface area contributed by atoms with Crippen molar-refractivity contribution < 1.29 is 44.2 Å². The Morgan fingerprint density at radius 2 is 1.94 bits per heavy atom. The summed E-state index contributed by atoms with van der Waals surface area (Å²) in [6.45, 7) is 9.10. The average Bonchev–Trinajstić information content (AvgIpc) is 3.03. The minimum Gasteiger partial charge on any atom is -0.459 e. The first-order chi connectivity index (χ1) is 15.8. The summed E-state index contributed by atoms with van der Waals surface area (Å²) < 4.78 is 17.6. The van der Waals surface area contributed by atoms with E-state index in [1.807, 2.05) is 20.8 Å². The zero-order valence-corrected chi connectivity index (χ0v) is 20.3. The van der Waals surface area contributed by atoms with Gasteiger partial charge in [-0.1, -0.05) is 39.3 Å². The lowest BCUT2D eigenvalue weighted by Crippen LogP contribution is -2.78. The molecule has 2 aliphatic heterocycles. The van der Waals surface area contributed by atoms with E-state index in [4.69, 9.17) is 14.2 Å². The van der Waals surface area contributed by atoms with Gasteiger partial charge in [-0.15, -0.1) is 0 Å². The molecule has 2 saturated heterocycles. The van der Waals surface area contributed by atoms with Gasteiger partial charge in [0.15, 0.2) is 5.79 Å². The number of rotatable bonds is 3. The van der Waals surface area contributed by atoms with Crippen LogP contribution < -0.4 is 0 Å². The Morgan fingerprint density at radius 3 is 2.59 bits per heavy atom. The van der Waals surface area contributed by atoms with Crippen molar-refractivity contribution in [3.63, 3.8) is 0 Å². The Kier molecular flexibility index (Phi) is 5.33. The van der Waals surface area contributed by atoms with Crippen LogP contribution in [0.4, 0.5) is 0 Å². The van der Waals surface area contributed by atoms with Gasteiger partial charge >= 0.3 is 11.9 Å². The molecule has 5 rings (SSSR count). The van der Waals surface area contributed by atoms with Gasteiger partial charge in [-0.25, -0.2) is 4.79 Å². The predicted octanol–water partition coefficient (Wildman–Crippen LogP) is 0.526. The molecule has 3 aliphatic carbocycles. The van der Waals surface area contributed by atoms with Crippen LogP contribution in [0.3, 0.4) is 0 Å². The molecule has 1 spiro atoms. The van der Waals surface area contributed by atoms with Crippen LogP contribution in [-0.4, -0.2) is 75.3 Å². The first-order valence-corrected chi connectivity index (χ1v) is 12.3. The van der Waals surface area contributed by atoms with Crippen LogP contribution >= 0.6 is 0 Å². The lowest BCUT2D eigenvalue weighted by atomic mass is 9.38. The van der Waals surface area contributed by atoms with Crippen molar-refractivity contribution in [1.82, 2.24) is 0 Å². The maximum atomic E-state index is 13.2. The molecule has 2 saturated carbocycles. The first kappa shape index (κ1) is 24.2. The van der Waals surface area contributed by atoms with Crippen LogP contribution in [0.1, 0.15) is 47.5 Å². The standard InChI is InChI=1S/C25H36O9/c1-10(2)6-16(27)34-18-17-12(4)19(28)25(31)22-23(5)13(11(3)7-14(26)20(23)29)8-15(33-21(18)30)24(17,22)9-32-25/h7,10,12-15,17-20,22,26,28-29,31H,6,8-9H2,1-5H3/t12-,13+,14?,15-,17-,18?,19?,20?,22-,23-,24+,25?/m1/s1. The molecule has 0 amide bonds. The summed E-state index contributed by atoms with van der Waals surface area (Å²) in [7, 11) is 0. The van der Waals surface area contributed by atoms with Crippen LogP contribution in [0.5, 0.6) is 0 Å². The van der Waals surface area contributed by atoms with Crippen molar-refractivity contribution in [3.05, 3.63) is 11.6 Å². The van der Waals surface area contributed by atoms with Crippen molar-refractivity contribution in [2.75, 3.05) is 6.61 Å². The van der Waals surface area contributed by atoms with Gasteiger partial charge in [0, 0.05) is 29.1 Å². The third-order valence-electron chi connectivity index (χ3n) is 9.63. The van der Waals surface area contributed by atoms with E-state index >= 15 is 0 Å². The summed E-state index contributed by atoms with van der Waals surface area (Å²) >= 11 is 0. The Morgan fingerprint density at radius 1 is 1.26 bits per heavy atom. The summed E-state index contributed by atoms with van der Waals surface area (Å²) in [4.78, 5) is 25.8. The number of allylic oxidation sites excluding steroid dienone is 1. The maximum absolute atomic E-state index is 13.2. The van der Waals surface area contributed by atoms with Crippen LogP contribution in [0.2, 0.25) is 0 Å². The fourth-order valence-corrected chi connectivity index (χ4v) is 8.42. The largest absolute Gasteiger partial charge is 0.459 e. The highest BCUT2D eigenvalue weighted by Gasteiger charge is 2.83. The summed E-state index contributed by atoms with van der Waals surface area (Å²) in [5.74, 6) is -5.72. The number of carbonyl (C=O) groups is 2. The average molecular weight is 481 g/mol. The fraction of sp³-hybridized carbons (Fsp3) is 0.840. The monoisotopic (exact) mass is 480 g/mol. The van der Waals surface area contributed by atoms with E-state index in [1.165, 1.54) is 0 Å². The topological polar surface area (TPSA) is 143 Å². The SMILES string of the molecule is CC1=CC(O)C(O)[C@]2(C)[C@H]3C4(O)OC[C@@]35[C@@H](C[C@@H]12)OC(=O)C(OC(=O)CC(C)C)[C@H]5[C@@H](C)C4O. The highest BCUT2D eigenvalue weighted by atomic mass is 16.7. The second-order valence-electron chi connectivity index (χ2n) is 11.9. The van der Waals surface area contributed by atoms with E-state index in [2.05, 4.69) is 0 Å². The quantitative estimate of drug-likeness (QED) is 0.336. The molecule has 9 nitrogen and oxygen atoms in total. The fourth-order valence-electron chi connectivity index (χ4n) is 8.42. The van der Waals surface area contributed by atoms with E-state index in [1.54, 1.807) is 19.9 Å². The smallest absolute Gasteiger partial charge is 0.348 e. The lowest BCUT2D eigenvalue weighted by Gasteiger charge is -2.68. The van der Waals surface area contributed by atoms with Crippen LogP contribution in [0.15, 0.2) is 11.6 Å². The zero-order valence-electron chi connectivity index (χ0n) is 20.3. The number of hydrogen-bond acceptors (Lipinski definition) is 9. The third kappa shape index (κ3) is 2.79. The molecule has 2 bridgehead atoms. The van der Waals surface area contributed by atoms with Gasteiger partial charge in [-0.2, -0.15) is 0 Å². The number of esters is 2. The van der Waals surface area contributed by atoms with Crippen molar-refractivity contribution >= 4 is 11.9 Å². The second kappa shape index (κ2) is 7.49. The van der Waals surface area contributed by atoms with Gasteiger partial charge in [0.1, 0.15) is 12.2 Å². The number of hydrogen-bond donors (Lipinski definition) is 4. The minimum atomic E-state index is -2.02. The van der Waals surface area contributed by atoms with Crippen molar-refractivity contribution in [1.29, 1.82) is 0 Å². The van der Waals surface area contributed by atoms with Crippen molar-refractivity contribution in [2.45, 2.75) is 83.8 Å². The van der Waals surface area contributed by atoms with E-state index < -0.39 is 76.8 Å². The van der Waals surface area contributed by atoms with Crippen LogP contribution in [-0.2, 0) is 23.8 Å². The van der Waals surface area contributed by atoms with Gasteiger partial charge in [-0.05, 0) is 31.1 Å². The van der Waals surface area contributed by atoms with E-state index in [-0.39, 0.29) is 24.9 Å². The normalized spacial score (nSPS) is 53.5. The number of aliphatic hydroxyl groups is 4. The van der Waals surface area contributed by atoms with E-state index in [9.17, 15) is 30.0 Å². The van der Waals surface area contributed by atoms with Gasteiger partial charge in [0.2, 0.25) is 6.10 Å². The molecule has 5 aliphatic rings. The van der Waals surface area contributed by atoms with E-state index in [0.29, 0.717) is 6.42 Å². The van der Waals surface area contributed by atoms with Crippen molar-refractivity contribution in [2.24, 2.45) is 40.4 Å². The Balaban J connectivity index is 1.67. The predicted molar refractivity (Wildman–Crippen MR) is 117 cm³/mol. The summed E-state index contributed by atoms with van der Waals surface area (Å²) in [5.41, 5.74) is -1.27. The zero-order chi connectivity index (χ0) is 25.0. The Bertz CT molecular complexity index is 931. The van der Waals surface area contributed by atoms with Gasteiger partial charge in [0.25, 0.3) is 0 Å². The molecule has 5 unspecified atom stereocenters. The lowest BCUT2D eigenvalue weighted by molar-refractivity contribution is -0.345. The molecule has 190 valence electrons. The molecule has 9 heteroatoms. The molecule has 0 aromatic rings. The summed E-state index contributed by atoms with van der Waals surface area (Å²) in [6.07, 6.45) is -3.62. The number of fused-ring (bicyclic) bond motifs is 1. The van der Waals surface area contributed by atoms with E-state index in [0.717, 1.165) is 5.57 Å². The molecule has 4 N–H and O–H groups in total. The molecular formula is C25H36O9. The molecular weight excluding hydrogens is 444 g/mol. The molecule has 0 aromatic carbocycles. The summed E-state index contributed by atoms with van der Waals surface area (Å²) in [6, 6.07) is 0. The molecule has 0 aromatic heterocycles. The molecule has 2 heterocycles. The molecule has 12 atom stereocenters. The maximum Gasteiger partial charge on any atom is 0.348 e. The third-order valence-corrected chi connectivity index (χ3v) is 9.63. The number of ether oxygens (including phenoxy) is 3. The van der Waals surface area contributed by atoms with Crippen LogP contribution in [0, 0.1) is 40.4 Å². The first-order valence-electron chi connectivity index (χ1n) is 12.3. The highest BCUT2D eigenvalue weighted by molar-refractivity contribution is 5.81. The van der Waals surface area contributed by atoms with Gasteiger partial charge in [-0.3, -0.25) is 4.79 Å². The number of carbonyl (C=O) groups excluding carboxylic acids is 2. The minimum absolute atomic E-state index is 0.0235. The molecule has 4 fully saturated rings. The Hall–Kier alpha value is -1.52. The van der Waals surface area contributed by atoms with Crippen molar-refractivity contribution in [3.8, 4) is 0 Å². The molecule has 0 radical (unpaired) electrons. The van der Waals surface area contributed by atoms with Gasteiger partial charge < -0.3 is 34.6 Å². The van der Waals surface area contributed by atoms with Crippen LogP contribution in [0.25, 0.3) is 0 Å².